The van der Waals surface area contributed by atoms with Crippen molar-refractivity contribution >= 4 is 16.0 Å². The summed E-state index contributed by atoms with van der Waals surface area (Å²) in [6, 6.07) is 1.44. The highest BCUT2D eigenvalue weighted by Gasteiger charge is 2.47. The number of nitrogens with zero attached hydrogens (tertiary/aromatic N) is 1. The number of hydrogen-bond donors (Lipinski definition) is 2. The van der Waals surface area contributed by atoms with Crippen LogP contribution in [0, 0.1) is 0 Å². The van der Waals surface area contributed by atoms with E-state index >= 15 is 0 Å². The fourth-order valence-corrected chi connectivity index (χ4v) is 3.31. The maximum Gasteiger partial charge on any atom is 0.324 e. The van der Waals surface area contributed by atoms with Crippen LogP contribution in [0.3, 0.4) is 0 Å². The number of carbonyl (C=O) groups is 1. The molecule has 17 heavy (non-hydrogen) atoms. The number of aryl methyl sites for hydroxylation is 1. The Morgan fingerprint density at radius 1 is 1.53 bits per heavy atom. The molecule has 0 aromatic carbocycles. The van der Waals surface area contributed by atoms with Crippen molar-refractivity contribution in [2.45, 2.75) is 29.7 Å². The molecule has 94 valence electrons. The summed E-state index contributed by atoms with van der Waals surface area (Å²) < 4.78 is 27.8. The second kappa shape index (κ2) is 3.85. The van der Waals surface area contributed by atoms with Crippen molar-refractivity contribution in [3.8, 4) is 0 Å². The zero-order chi connectivity index (χ0) is 12.7. The molecule has 6 nitrogen and oxygen atoms in total. The summed E-state index contributed by atoms with van der Waals surface area (Å²) in [5.74, 6) is -1.11. The first-order chi connectivity index (χ1) is 7.86. The molecular weight excluding hydrogens is 244 g/mol. The highest BCUT2D eigenvalue weighted by molar-refractivity contribution is 7.89. The molecule has 1 saturated carbocycles. The molecule has 1 heterocycles. The Morgan fingerprint density at radius 3 is 2.53 bits per heavy atom. The van der Waals surface area contributed by atoms with Crippen LogP contribution < -0.4 is 4.72 Å². The standard InChI is InChI=1S/C10H14N2O4S/c1-12-6-3-8(7-12)17(15,16)11-10(9(13)14)4-2-5-10/h3,6-7,11H,2,4-5H2,1H3,(H,13,14). The molecule has 0 spiro atoms. The lowest BCUT2D eigenvalue weighted by atomic mass is 9.78. The lowest BCUT2D eigenvalue weighted by Crippen LogP contribution is -2.58. The SMILES string of the molecule is Cn1ccc(S(=O)(=O)NC2(C(=O)O)CCC2)c1. The van der Waals surface area contributed by atoms with Crippen LogP contribution in [-0.2, 0) is 21.9 Å². The van der Waals surface area contributed by atoms with E-state index in [0.717, 1.165) is 6.42 Å². The molecule has 0 atom stereocenters. The van der Waals surface area contributed by atoms with E-state index in [4.69, 9.17) is 5.11 Å². The van der Waals surface area contributed by atoms with Gasteiger partial charge in [0.15, 0.2) is 0 Å². The third kappa shape index (κ3) is 2.07. The van der Waals surface area contributed by atoms with Crippen LogP contribution in [0.4, 0.5) is 0 Å². The summed E-state index contributed by atoms with van der Waals surface area (Å²) in [6.07, 6.45) is 4.45. The van der Waals surface area contributed by atoms with Gasteiger partial charge in [-0.15, -0.1) is 0 Å². The molecule has 1 fully saturated rings. The van der Waals surface area contributed by atoms with E-state index < -0.39 is 21.5 Å². The van der Waals surface area contributed by atoms with Gasteiger partial charge in [0.1, 0.15) is 5.54 Å². The number of carboxylic acid groups (broad SMARTS) is 1. The fraction of sp³-hybridized carbons (Fsp3) is 0.500. The molecule has 0 bridgehead atoms. The van der Waals surface area contributed by atoms with Gasteiger partial charge in [-0.25, -0.2) is 8.42 Å². The molecule has 0 unspecified atom stereocenters. The van der Waals surface area contributed by atoms with E-state index in [9.17, 15) is 13.2 Å². The van der Waals surface area contributed by atoms with E-state index in [2.05, 4.69) is 4.72 Å². The number of aliphatic carboxylic acids is 1. The second-order valence-corrected chi connectivity index (χ2v) is 6.04. The van der Waals surface area contributed by atoms with E-state index in [-0.39, 0.29) is 4.90 Å². The maximum atomic E-state index is 12.0. The van der Waals surface area contributed by atoms with Crippen LogP contribution in [0.1, 0.15) is 19.3 Å². The van der Waals surface area contributed by atoms with Gasteiger partial charge in [-0.3, -0.25) is 4.79 Å². The summed E-state index contributed by atoms with van der Waals surface area (Å²) in [6.45, 7) is 0. The van der Waals surface area contributed by atoms with E-state index in [1.165, 1.54) is 12.3 Å². The van der Waals surface area contributed by atoms with Crippen LogP contribution in [0.25, 0.3) is 0 Å². The number of nitrogens with one attached hydrogen (secondary N) is 1. The molecule has 0 saturated heterocycles. The molecule has 7 heteroatoms. The van der Waals surface area contributed by atoms with E-state index in [1.54, 1.807) is 17.8 Å². The Hall–Kier alpha value is -1.34. The normalized spacial score (nSPS) is 18.6. The molecule has 2 N–H and O–H groups in total. The van der Waals surface area contributed by atoms with Crippen molar-refractivity contribution in [1.29, 1.82) is 0 Å². The third-order valence-electron chi connectivity index (χ3n) is 3.06. The number of rotatable bonds is 4. The maximum absolute atomic E-state index is 12.0. The first-order valence-electron chi connectivity index (χ1n) is 5.25. The van der Waals surface area contributed by atoms with Crippen LogP contribution in [0.15, 0.2) is 23.4 Å². The molecule has 0 amide bonds. The lowest BCUT2D eigenvalue weighted by Gasteiger charge is -2.37. The minimum absolute atomic E-state index is 0.0903. The van der Waals surface area contributed by atoms with Crippen molar-refractivity contribution < 1.29 is 18.3 Å². The summed E-state index contributed by atoms with van der Waals surface area (Å²) >= 11 is 0. The fourth-order valence-electron chi connectivity index (χ4n) is 1.84. The Morgan fingerprint density at radius 2 is 2.18 bits per heavy atom. The summed E-state index contributed by atoms with van der Waals surface area (Å²) in [4.78, 5) is 11.2. The van der Waals surface area contributed by atoms with Crippen molar-refractivity contribution in [3.05, 3.63) is 18.5 Å². The summed E-state index contributed by atoms with van der Waals surface area (Å²) in [5.41, 5.74) is -1.31. The van der Waals surface area contributed by atoms with Gasteiger partial charge in [0, 0.05) is 19.4 Å². The minimum atomic E-state index is -3.75. The van der Waals surface area contributed by atoms with Crippen LogP contribution >= 0.6 is 0 Å². The largest absolute Gasteiger partial charge is 0.480 e. The van der Waals surface area contributed by atoms with Gasteiger partial charge >= 0.3 is 5.97 Å². The van der Waals surface area contributed by atoms with Gasteiger partial charge in [0.2, 0.25) is 10.0 Å². The average molecular weight is 258 g/mol. The number of sulfonamides is 1. The molecule has 1 aromatic rings. The summed E-state index contributed by atoms with van der Waals surface area (Å²) in [7, 11) is -2.05. The number of aromatic nitrogens is 1. The van der Waals surface area contributed by atoms with Crippen LogP contribution in [-0.4, -0.2) is 29.6 Å². The van der Waals surface area contributed by atoms with E-state index in [1.807, 2.05) is 0 Å². The molecule has 1 aliphatic rings. The van der Waals surface area contributed by atoms with Gasteiger partial charge in [-0.2, -0.15) is 4.72 Å². The van der Waals surface area contributed by atoms with Gasteiger partial charge in [-0.05, 0) is 25.3 Å². The average Bonchev–Trinajstić information content (AvgIpc) is 2.58. The quantitative estimate of drug-likeness (QED) is 0.813. The first kappa shape index (κ1) is 12.1. The monoisotopic (exact) mass is 258 g/mol. The highest BCUT2D eigenvalue weighted by Crippen LogP contribution is 2.33. The third-order valence-corrected chi connectivity index (χ3v) is 4.58. The molecule has 1 aliphatic carbocycles. The lowest BCUT2D eigenvalue weighted by molar-refractivity contribution is -0.147. The van der Waals surface area contributed by atoms with Crippen molar-refractivity contribution in [1.82, 2.24) is 9.29 Å². The second-order valence-electron chi connectivity index (χ2n) is 4.36. The Balaban J connectivity index is 2.26. The first-order valence-corrected chi connectivity index (χ1v) is 6.73. The molecule has 0 radical (unpaired) electrons. The van der Waals surface area contributed by atoms with Crippen molar-refractivity contribution in [2.75, 3.05) is 0 Å². The predicted molar refractivity (Wildman–Crippen MR) is 60.0 cm³/mol. The smallest absolute Gasteiger partial charge is 0.324 e. The number of carboxylic acids is 1. The van der Waals surface area contributed by atoms with Crippen molar-refractivity contribution in [2.24, 2.45) is 7.05 Å². The van der Waals surface area contributed by atoms with Crippen molar-refractivity contribution in [3.63, 3.8) is 0 Å². The van der Waals surface area contributed by atoms with Gasteiger partial charge in [-0.1, -0.05) is 0 Å². The molecule has 1 aromatic heterocycles. The Labute approximate surface area is 99.3 Å². The zero-order valence-electron chi connectivity index (χ0n) is 9.38. The minimum Gasteiger partial charge on any atom is -0.480 e. The predicted octanol–water partition coefficient (Wildman–Crippen LogP) is 0.311. The van der Waals surface area contributed by atoms with Gasteiger partial charge in [0.05, 0.1) is 4.90 Å². The highest BCUT2D eigenvalue weighted by atomic mass is 32.2. The molecule has 2 rings (SSSR count). The summed E-state index contributed by atoms with van der Waals surface area (Å²) in [5, 5.41) is 9.07. The Bertz CT molecular complexity index is 542. The Kier molecular flexibility index (Phi) is 2.75. The van der Waals surface area contributed by atoms with Crippen LogP contribution in [0.5, 0.6) is 0 Å². The molecule has 0 aliphatic heterocycles. The van der Waals surface area contributed by atoms with E-state index in [0.29, 0.717) is 12.8 Å². The van der Waals surface area contributed by atoms with Gasteiger partial charge in [0.25, 0.3) is 0 Å². The van der Waals surface area contributed by atoms with Crippen LogP contribution in [0.2, 0.25) is 0 Å². The molecular formula is C10H14N2O4S. The van der Waals surface area contributed by atoms with Gasteiger partial charge < -0.3 is 9.67 Å². The topological polar surface area (TPSA) is 88.4 Å². The number of hydrogen-bond acceptors (Lipinski definition) is 3. The zero-order valence-corrected chi connectivity index (χ0v) is 10.2.